The van der Waals surface area contributed by atoms with Crippen molar-refractivity contribution in [3.8, 4) is 11.6 Å². The Bertz CT molecular complexity index is 999. The molecule has 0 fully saturated rings. The van der Waals surface area contributed by atoms with E-state index in [-0.39, 0.29) is 31.5 Å². The molecule has 1 aliphatic heterocycles. The third-order valence-corrected chi connectivity index (χ3v) is 4.21. The van der Waals surface area contributed by atoms with E-state index in [4.69, 9.17) is 15.2 Å². The van der Waals surface area contributed by atoms with Crippen LogP contribution in [0.2, 0.25) is 0 Å². The molecule has 2 aromatic carbocycles. The van der Waals surface area contributed by atoms with Gasteiger partial charge in [0.05, 0.1) is 18.7 Å². The first kappa shape index (κ1) is 15.4. The van der Waals surface area contributed by atoms with Crippen LogP contribution in [0.25, 0.3) is 10.9 Å². The summed E-state index contributed by atoms with van der Waals surface area (Å²) in [6, 6.07) is 7.58. The number of rotatable bonds is 3. The highest BCUT2D eigenvalue weighted by atomic mass is 19.1. The number of hydrogen-bond acceptors (Lipinski definition) is 6. The molecule has 0 bridgehead atoms. The van der Waals surface area contributed by atoms with Crippen molar-refractivity contribution in [3.63, 3.8) is 0 Å². The van der Waals surface area contributed by atoms with Gasteiger partial charge in [0, 0.05) is 22.2 Å². The summed E-state index contributed by atoms with van der Waals surface area (Å²) in [5.74, 6) is -0.220. The Balaban J connectivity index is 1.89. The van der Waals surface area contributed by atoms with Gasteiger partial charge in [-0.05, 0) is 35.5 Å². The fourth-order valence-corrected chi connectivity index (χ4v) is 3.14. The molecule has 0 radical (unpaired) electrons. The van der Waals surface area contributed by atoms with Gasteiger partial charge in [0.15, 0.2) is 12.5 Å². The lowest BCUT2D eigenvalue weighted by atomic mass is 10.1. The van der Waals surface area contributed by atoms with Gasteiger partial charge in [-0.1, -0.05) is 0 Å². The molecule has 7 nitrogen and oxygen atoms in total. The van der Waals surface area contributed by atoms with Crippen molar-refractivity contribution in [2.24, 2.45) is 5.18 Å². The lowest BCUT2D eigenvalue weighted by Gasteiger charge is -2.21. The Morgan fingerprint density at radius 2 is 2.16 bits per heavy atom. The van der Waals surface area contributed by atoms with Crippen LogP contribution < -0.4 is 10.5 Å². The van der Waals surface area contributed by atoms with Crippen LogP contribution in [-0.4, -0.2) is 16.5 Å². The lowest BCUT2D eigenvalue weighted by molar-refractivity contribution is -0.0173. The van der Waals surface area contributed by atoms with E-state index in [9.17, 15) is 14.4 Å². The number of aromatic hydroxyl groups is 1. The van der Waals surface area contributed by atoms with E-state index in [1.165, 1.54) is 16.7 Å². The Labute approximate surface area is 141 Å². The maximum absolute atomic E-state index is 13.9. The van der Waals surface area contributed by atoms with Crippen LogP contribution in [0, 0.1) is 10.7 Å². The zero-order valence-corrected chi connectivity index (χ0v) is 13.0. The molecule has 128 valence electrons. The lowest BCUT2D eigenvalue weighted by Crippen LogP contribution is -2.14. The molecular formula is C17H14FN3O4. The molecule has 0 unspecified atom stereocenters. The molecule has 8 heteroatoms. The largest absolute Gasteiger partial charge is 0.493 e. The summed E-state index contributed by atoms with van der Waals surface area (Å²) in [4.78, 5) is 11.1. The summed E-state index contributed by atoms with van der Waals surface area (Å²) in [5.41, 5.74) is 7.78. The standard InChI is InChI=1S/C17H14FN3O4/c18-11-3-9(16-10(4-11)7-24-8-25-16)6-21-14-2-1-12(19)5-13(14)15(20-23)17(21)22/h1-5,22H,6-8,19H2. The number of hydrogen-bond donors (Lipinski definition) is 2. The van der Waals surface area contributed by atoms with Gasteiger partial charge in [0.1, 0.15) is 11.6 Å². The molecule has 1 aromatic heterocycles. The number of nitroso groups, excluding NO2 is 1. The van der Waals surface area contributed by atoms with Crippen molar-refractivity contribution in [2.75, 3.05) is 12.5 Å². The Hall–Kier alpha value is -3.13. The van der Waals surface area contributed by atoms with Crippen LogP contribution in [0.3, 0.4) is 0 Å². The molecule has 0 spiro atoms. The van der Waals surface area contributed by atoms with E-state index in [0.717, 1.165) is 0 Å². The second-order valence-corrected chi connectivity index (χ2v) is 5.79. The number of halogens is 1. The average molecular weight is 343 g/mol. The Morgan fingerprint density at radius 1 is 1.32 bits per heavy atom. The Morgan fingerprint density at radius 3 is 2.96 bits per heavy atom. The van der Waals surface area contributed by atoms with Crippen molar-refractivity contribution < 1.29 is 19.0 Å². The zero-order valence-electron chi connectivity index (χ0n) is 13.0. The third kappa shape index (κ3) is 2.47. The van der Waals surface area contributed by atoms with Gasteiger partial charge in [-0.3, -0.25) is 0 Å². The van der Waals surface area contributed by atoms with E-state index in [1.54, 1.807) is 18.2 Å². The van der Waals surface area contributed by atoms with E-state index in [1.807, 2.05) is 0 Å². The van der Waals surface area contributed by atoms with E-state index in [2.05, 4.69) is 5.18 Å². The highest BCUT2D eigenvalue weighted by Crippen LogP contribution is 2.41. The van der Waals surface area contributed by atoms with Gasteiger partial charge in [-0.15, -0.1) is 4.91 Å². The molecular weight excluding hydrogens is 329 g/mol. The summed E-state index contributed by atoms with van der Waals surface area (Å²) in [7, 11) is 0. The topological polar surface area (TPSA) is 99.1 Å². The van der Waals surface area contributed by atoms with E-state index < -0.39 is 5.82 Å². The smallest absolute Gasteiger partial charge is 0.222 e. The second kappa shape index (κ2) is 5.75. The quantitative estimate of drug-likeness (QED) is 0.561. The van der Waals surface area contributed by atoms with Gasteiger partial charge >= 0.3 is 0 Å². The molecule has 4 rings (SSSR count). The molecule has 3 N–H and O–H groups in total. The molecule has 0 saturated carbocycles. The minimum atomic E-state index is -0.434. The number of benzene rings is 2. The van der Waals surface area contributed by atoms with Crippen molar-refractivity contribution in [3.05, 3.63) is 52.2 Å². The fourth-order valence-electron chi connectivity index (χ4n) is 3.14. The average Bonchev–Trinajstić information content (AvgIpc) is 2.85. The first-order valence-corrected chi connectivity index (χ1v) is 7.54. The molecule has 0 aliphatic carbocycles. The van der Waals surface area contributed by atoms with Crippen LogP contribution in [-0.2, 0) is 17.9 Å². The van der Waals surface area contributed by atoms with Gasteiger partial charge in [-0.25, -0.2) is 4.39 Å². The van der Waals surface area contributed by atoms with Crippen molar-refractivity contribution in [1.29, 1.82) is 0 Å². The summed E-state index contributed by atoms with van der Waals surface area (Å²) in [6.45, 7) is 0.416. The summed E-state index contributed by atoms with van der Waals surface area (Å²) >= 11 is 0. The summed E-state index contributed by atoms with van der Waals surface area (Å²) in [6.07, 6.45) is 0. The van der Waals surface area contributed by atoms with Gasteiger partial charge in [0.2, 0.25) is 5.88 Å². The molecule has 2 heterocycles. The highest BCUT2D eigenvalue weighted by Gasteiger charge is 2.22. The highest BCUT2D eigenvalue weighted by molar-refractivity contribution is 5.97. The number of ether oxygens (including phenoxy) is 2. The van der Waals surface area contributed by atoms with Crippen LogP contribution in [0.4, 0.5) is 15.8 Å². The summed E-state index contributed by atoms with van der Waals surface area (Å²) < 4.78 is 26.1. The molecule has 3 aromatic rings. The first-order chi connectivity index (χ1) is 12.1. The number of aromatic nitrogens is 1. The van der Waals surface area contributed by atoms with Crippen molar-refractivity contribution in [2.45, 2.75) is 13.2 Å². The van der Waals surface area contributed by atoms with Crippen LogP contribution in [0.1, 0.15) is 11.1 Å². The van der Waals surface area contributed by atoms with Gasteiger partial charge in [0.25, 0.3) is 0 Å². The predicted molar refractivity (Wildman–Crippen MR) is 89.3 cm³/mol. The van der Waals surface area contributed by atoms with Crippen LogP contribution in [0.15, 0.2) is 35.5 Å². The van der Waals surface area contributed by atoms with Crippen LogP contribution in [0.5, 0.6) is 11.6 Å². The maximum atomic E-state index is 13.9. The summed E-state index contributed by atoms with van der Waals surface area (Å²) in [5, 5.41) is 13.7. The maximum Gasteiger partial charge on any atom is 0.222 e. The minimum Gasteiger partial charge on any atom is -0.493 e. The molecule has 0 saturated heterocycles. The second-order valence-electron chi connectivity index (χ2n) is 5.79. The first-order valence-electron chi connectivity index (χ1n) is 7.54. The third-order valence-electron chi connectivity index (χ3n) is 4.21. The van der Waals surface area contributed by atoms with E-state index >= 15 is 0 Å². The van der Waals surface area contributed by atoms with Crippen molar-refractivity contribution >= 4 is 22.3 Å². The fraction of sp³-hybridized carbons (Fsp3) is 0.176. The number of fused-ring (bicyclic) bond motifs is 2. The predicted octanol–water partition coefficient (Wildman–Crippen LogP) is 3.38. The SMILES string of the molecule is Nc1ccc2c(c1)c(N=O)c(O)n2Cc1cc(F)cc2c1OCOC2. The number of nitrogens with two attached hydrogens (primary N) is 1. The molecule has 25 heavy (non-hydrogen) atoms. The molecule has 0 atom stereocenters. The van der Waals surface area contributed by atoms with Crippen LogP contribution >= 0.6 is 0 Å². The number of anilines is 1. The molecule has 1 aliphatic rings. The van der Waals surface area contributed by atoms with E-state index in [0.29, 0.717) is 33.5 Å². The zero-order chi connectivity index (χ0) is 17.6. The monoisotopic (exact) mass is 343 g/mol. The Kier molecular flexibility index (Phi) is 3.54. The minimum absolute atomic E-state index is 0.0711. The van der Waals surface area contributed by atoms with Gasteiger partial charge < -0.3 is 24.9 Å². The normalized spacial score (nSPS) is 13.5. The van der Waals surface area contributed by atoms with Crippen molar-refractivity contribution in [1.82, 2.24) is 4.57 Å². The van der Waals surface area contributed by atoms with Gasteiger partial charge in [-0.2, -0.15) is 0 Å². The molecule has 0 amide bonds. The number of nitrogens with zero attached hydrogens (tertiary/aromatic N) is 2. The number of nitrogen functional groups attached to an aromatic ring is 1.